The van der Waals surface area contributed by atoms with Crippen molar-refractivity contribution in [2.45, 2.75) is 44.6 Å². The SMILES string of the molecule is COc1ccc2c(c1)C=CCn1c-2c(C2CCCCC2)c2ccccc21. The van der Waals surface area contributed by atoms with Crippen molar-refractivity contribution in [2.75, 3.05) is 7.11 Å². The zero-order valence-corrected chi connectivity index (χ0v) is 15.4. The number of fused-ring (bicyclic) bond motifs is 5. The Morgan fingerprint density at radius 3 is 2.69 bits per heavy atom. The lowest BCUT2D eigenvalue weighted by molar-refractivity contribution is 0.415. The van der Waals surface area contributed by atoms with Crippen LogP contribution in [0.3, 0.4) is 0 Å². The fourth-order valence-corrected chi connectivity index (χ4v) is 4.92. The van der Waals surface area contributed by atoms with Gasteiger partial charge in [0.1, 0.15) is 5.75 Å². The van der Waals surface area contributed by atoms with Crippen LogP contribution in [0.1, 0.15) is 49.1 Å². The van der Waals surface area contributed by atoms with Gasteiger partial charge in [-0.15, -0.1) is 0 Å². The summed E-state index contributed by atoms with van der Waals surface area (Å²) in [5.41, 5.74) is 6.99. The Balaban J connectivity index is 1.82. The number of hydrogen-bond acceptors (Lipinski definition) is 1. The van der Waals surface area contributed by atoms with Gasteiger partial charge in [-0.25, -0.2) is 0 Å². The van der Waals surface area contributed by atoms with Gasteiger partial charge in [0.05, 0.1) is 12.8 Å². The summed E-state index contributed by atoms with van der Waals surface area (Å²) >= 11 is 0. The van der Waals surface area contributed by atoms with Gasteiger partial charge in [-0.3, -0.25) is 0 Å². The van der Waals surface area contributed by atoms with Gasteiger partial charge in [0.15, 0.2) is 0 Å². The Bertz CT molecular complexity index is 989. The topological polar surface area (TPSA) is 14.2 Å². The molecule has 2 aromatic carbocycles. The van der Waals surface area contributed by atoms with Crippen LogP contribution in [0.2, 0.25) is 0 Å². The molecule has 0 spiro atoms. The zero-order valence-electron chi connectivity index (χ0n) is 15.4. The summed E-state index contributed by atoms with van der Waals surface area (Å²) in [6.45, 7) is 0.930. The lowest BCUT2D eigenvalue weighted by Crippen LogP contribution is -2.07. The number of allylic oxidation sites excluding steroid dienone is 1. The minimum absolute atomic E-state index is 0.679. The van der Waals surface area contributed by atoms with Crippen LogP contribution in [-0.2, 0) is 6.54 Å². The molecule has 132 valence electrons. The highest BCUT2D eigenvalue weighted by Gasteiger charge is 2.27. The average molecular weight is 343 g/mol. The maximum absolute atomic E-state index is 5.47. The molecule has 0 amide bonds. The van der Waals surface area contributed by atoms with Crippen LogP contribution < -0.4 is 4.74 Å². The zero-order chi connectivity index (χ0) is 17.5. The maximum Gasteiger partial charge on any atom is 0.119 e. The van der Waals surface area contributed by atoms with E-state index in [-0.39, 0.29) is 0 Å². The molecule has 2 heteroatoms. The Hall–Kier alpha value is -2.48. The third kappa shape index (κ3) is 2.39. The number of nitrogens with zero attached hydrogens (tertiary/aromatic N) is 1. The molecular formula is C24H25NO. The highest BCUT2D eigenvalue weighted by molar-refractivity contribution is 5.95. The van der Waals surface area contributed by atoms with Crippen molar-refractivity contribution in [3.05, 3.63) is 59.7 Å². The van der Waals surface area contributed by atoms with Crippen LogP contribution >= 0.6 is 0 Å². The van der Waals surface area contributed by atoms with E-state index in [1.807, 2.05) is 0 Å². The van der Waals surface area contributed by atoms with Crippen LogP contribution in [-0.4, -0.2) is 11.7 Å². The van der Waals surface area contributed by atoms with Gasteiger partial charge < -0.3 is 9.30 Å². The number of benzene rings is 2. The molecule has 1 aliphatic heterocycles. The number of rotatable bonds is 2. The summed E-state index contributed by atoms with van der Waals surface area (Å²) in [7, 11) is 1.74. The van der Waals surface area contributed by atoms with Crippen molar-refractivity contribution in [2.24, 2.45) is 0 Å². The van der Waals surface area contributed by atoms with Gasteiger partial charge in [0.2, 0.25) is 0 Å². The van der Waals surface area contributed by atoms with Crippen molar-refractivity contribution in [3.63, 3.8) is 0 Å². The van der Waals surface area contributed by atoms with Crippen LogP contribution in [0.5, 0.6) is 5.75 Å². The molecular weight excluding hydrogens is 318 g/mol. The quantitative estimate of drug-likeness (QED) is 0.526. The monoisotopic (exact) mass is 343 g/mol. The lowest BCUT2D eigenvalue weighted by atomic mass is 9.81. The fourth-order valence-electron chi connectivity index (χ4n) is 4.92. The van der Waals surface area contributed by atoms with Gasteiger partial charge >= 0.3 is 0 Å². The predicted molar refractivity (Wildman–Crippen MR) is 109 cm³/mol. The molecule has 26 heavy (non-hydrogen) atoms. The van der Waals surface area contributed by atoms with Crippen LogP contribution in [0.4, 0.5) is 0 Å². The molecule has 0 N–H and O–H groups in total. The molecule has 2 heterocycles. The summed E-state index contributed by atoms with van der Waals surface area (Å²) in [4.78, 5) is 0. The summed E-state index contributed by atoms with van der Waals surface area (Å²) in [6.07, 6.45) is 11.3. The number of methoxy groups -OCH3 is 1. The molecule has 2 aliphatic rings. The van der Waals surface area contributed by atoms with Crippen molar-refractivity contribution >= 4 is 17.0 Å². The normalized spacial score (nSPS) is 17.0. The maximum atomic E-state index is 5.47. The van der Waals surface area contributed by atoms with E-state index in [0.29, 0.717) is 5.92 Å². The molecule has 1 fully saturated rings. The second kappa shape index (κ2) is 6.35. The first-order valence-electron chi connectivity index (χ1n) is 9.83. The number of hydrogen-bond donors (Lipinski definition) is 0. The summed E-state index contributed by atoms with van der Waals surface area (Å²) in [6, 6.07) is 15.5. The van der Waals surface area contributed by atoms with E-state index in [4.69, 9.17) is 4.74 Å². The molecule has 5 rings (SSSR count). The van der Waals surface area contributed by atoms with Gasteiger partial charge in [-0.1, -0.05) is 49.6 Å². The Morgan fingerprint density at radius 2 is 1.85 bits per heavy atom. The summed E-state index contributed by atoms with van der Waals surface area (Å²) in [5, 5.41) is 1.45. The van der Waals surface area contributed by atoms with Crippen molar-refractivity contribution < 1.29 is 4.74 Å². The summed E-state index contributed by atoms with van der Waals surface area (Å²) in [5.74, 6) is 1.61. The van der Waals surface area contributed by atoms with Crippen LogP contribution in [0.15, 0.2) is 48.5 Å². The molecule has 1 saturated carbocycles. The highest BCUT2D eigenvalue weighted by Crippen LogP contribution is 2.46. The molecule has 0 bridgehead atoms. The highest BCUT2D eigenvalue weighted by atomic mass is 16.5. The van der Waals surface area contributed by atoms with Crippen molar-refractivity contribution in [1.82, 2.24) is 4.57 Å². The van der Waals surface area contributed by atoms with E-state index in [9.17, 15) is 0 Å². The molecule has 0 radical (unpaired) electrons. The third-order valence-corrected chi connectivity index (χ3v) is 6.12. The lowest BCUT2D eigenvalue weighted by Gasteiger charge is -2.24. The van der Waals surface area contributed by atoms with Gasteiger partial charge in [0.25, 0.3) is 0 Å². The predicted octanol–water partition coefficient (Wildman–Crippen LogP) is 6.39. The van der Waals surface area contributed by atoms with Gasteiger partial charge in [0, 0.05) is 23.0 Å². The van der Waals surface area contributed by atoms with E-state index in [0.717, 1.165) is 12.3 Å². The third-order valence-electron chi connectivity index (χ3n) is 6.12. The Kier molecular flexibility index (Phi) is 3.85. The second-order valence-corrected chi connectivity index (χ2v) is 7.58. The smallest absolute Gasteiger partial charge is 0.119 e. The molecule has 1 aromatic heterocycles. The van der Waals surface area contributed by atoms with E-state index < -0.39 is 0 Å². The molecule has 3 aromatic rings. The molecule has 0 atom stereocenters. The number of ether oxygens (including phenoxy) is 1. The molecule has 2 nitrogen and oxygen atoms in total. The second-order valence-electron chi connectivity index (χ2n) is 7.58. The van der Waals surface area contributed by atoms with E-state index in [2.05, 4.69) is 59.2 Å². The standard InChI is InChI=1S/C24H25NO/c1-26-19-13-14-20-18(16-19)10-7-15-25-22-12-6-5-11-21(22)23(24(20)25)17-8-3-2-4-9-17/h5-7,10-14,16-17H,2-4,8-9,15H2,1H3. The minimum atomic E-state index is 0.679. The first-order chi connectivity index (χ1) is 12.9. The van der Waals surface area contributed by atoms with Crippen LogP contribution in [0.25, 0.3) is 28.2 Å². The molecule has 0 unspecified atom stereocenters. The van der Waals surface area contributed by atoms with E-state index in [1.54, 1.807) is 12.7 Å². The minimum Gasteiger partial charge on any atom is -0.497 e. The van der Waals surface area contributed by atoms with Crippen molar-refractivity contribution in [1.29, 1.82) is 0 Å². The van der Waals surface area contributed by atoms with Crippen LogP contribution in [0, 0.1) is 0 Å². The van der Waals surface area contributed by atoms with E-state index in [1.165, 1.54) is 59.8 Å². The van der Waals surface area contributed by atoms with E-state index >= 15 is 0 Å². The van der Waals surface area contributed by atoms with Gasteiger partial charge in [-0.2, -0.15) is 0 Å². The first kappa shape index (κ1) is 15.7. The number of para-hydroxylation sites is 1. The largest absolute Gasteiger partial charge is 0.497 e. The molecule has 1 aliphatic carbocycles. The number of aromatic nitrogens is 1. The molecule has 0 saturated heterocycles. The summed E-state index contributed by atoms with van der Waals surface area (Å²) < 4.78 is 8.00. The van der Waals surface area contributed by atoms with Gasteiger partial charge in [-0.05, 0) is 54.2 Å². The Labute approximate surface area is 155 Å². The Morgan fingerprint density at radius 1 is 1.00 bits per heavy atom. The first-order valence-corrected chi connectivity index (χ1v) is 9.83. The average Bonchev–Trinajstić information content (AvgIpc) is 2.91. The van der Waals surface area contributed by atoms with Crippen molar-refractivity contribution in [3.8, 4) is 17.0 Å². The fraction of sp³-hybridized carbons (Fsp3) is 0.333.